The van der Waals surface area contributed by atoms with Gasteiger partial charge in [0.15, 0.2) is 6.61 Å². The molecule has 0 saturated carbocycles. The van der Waals surface area contributed by atoms with E-state index in [1.54, 1.807) is 60.7 Å². The summed E-state index contributed by atoms with van der Waals surface area (Å²) >= 11 is 0. The molecule has 0 N–H and O–H groups in total. The number of carbonyl (C=O) groups is 3. The molecule has 0 aliphatic heterocycles. The Morgan fingerprint density at radius 3 is 2.00 bits per heavy atom. The predicted octanol–water partition coefficient (Wildman–Crippen LogP) is 4.33. The maximum atomic E-state index is 12.3. The smallest absolute Gasteiger partial charge is 0.338 e. The fourth-order valence-corrected chi connectivity index (χ4v) is 2.85. The number of para-hydroxylation sites is 1. The van der Waals surface area contributed by atoms with Crippen molar-refractivity contribution < 1.29 is 28.6 Å². The van der Waals surface area contributed by atoms with Gasteiger partial charge in [0.05, 0.1) is 18.2 Å². The first-order valence-corrected chi connectivity index (χ1v) is 9.20. The average molecular weight is 404 g/mol. The fraction of sp³-hybridized carbons (Fsp3) is 0.125. The Bertz CT molecular complexity index is 1050. The summed E-state index contributed by atoms with van der Waals surface area (Å²) in [7, 11) is 1.48. The summed E-state index contributed by atoms with van der Waals surface area (Å²) in [5.41, 5.74) is 2.48. The Labute approximate surface area is 174 Å². The highest BCUT2D eigenvalue weighted by Gasteiger charge is 2.15. The molecule has 0 aromatic heterocycles. The molecule has 0 bridgehead atoms. The van der Waals surface area contributed by atoms with E-state index >= 15 is 0 Å². The lowest BCUT2D eigenvalue weighted by atomic mass is 10.0. The SMILES string of the molecule is COc1ccccc1C(=O)COC(=O)c1ccc(-c2ccc(OC(C)=O)cc2)cc1. The summed E-state index contributed by atoms with van der Waals surface area (Å²) in [6.07, 6.45) is 0. The van der Waals surface area contributed by atoms with Crippen LogP contribution in [-0.4, -0.2) is 31.4 Å². The molecule has 3 aromatic carbocycles. The third-order valence-corrected chi connectivity index (χ3v) is 4.31. The number of carbonyl (C=O) groups excluding carboxylic acids is 3. The van der Waals surface area contributed by atoms with Crippen LogP contribution in [0.3, 0.4) is 0 Å². The second-order valence-corrected chi connectivity index (χ2v) is 6.39. The molecule has 0 unspecified atom stereocenters. The Morgan fingerprint density at radius 1 is 0.800 bits per heavy atom. The number of ketones is 1. The summed E-state index contributed by atoms with van der Waals surface area (Å²) in [4.78, 5) is 35.6. The maximum absolute atomic E-state index is 12.3. The van der Waals surface area contributed by atoms with Crippen LogP contribution >= 0.6 is 0 Å². The monoisotopic (exact) mass is 404 g/mol. The molecule has 0 heterocycles. The van der Waals surface area contributed by atoms with Crippen LogP contribution in [0.15, 0.2) is 72.8 Å². The van der Waals surface area contributed by atoms with Gasteiger partial charge in [-0.05, 0) is 47.5 Å². The molecule has 0 aliphatic rings. The van der Waals surface area contributed by atoms with Gasteiger partial charge in [0.1, 0.15) is 11.5 Å². The minimum absolute atomic E-state index is 0.336. The van der Waals surface area contributed by atoms with E-state index in [2.05, 4.69) is 0 Å². The van der Waals surface area contributed by atoms with Crippen LogP contribution in [0.2, 0.25) is 0 Å². The van der Waals surface area contributed by atoms with E-state index in [0.29, 0.717) is 22.6 Å². The number of esters is 2. The average Bonchev–Trinajstić information content (AvgIpc) is 2.77. The van der Waals surface area contributed by atoms with Crippen molar-refractivity contribution in [1.82, 2.24) is 0 Å². The quantitative estimate of drug-likeness (QED) is 0.331. The lowest BCUT2D eigenvalue weighted by Crippen LogP contribution is -2.15. The second-order valence-electron chi connectivity index (χ2n) is 6.39. The summed E-state index contributed by atoms with van der Waals surface area (Å²) in [6.45, 7) is 0.966. The molecule has 0 radical (unpaired) electrons. The zero-order valence-corrected chi connectivity index (χ0v) is 16.6. The number of hydrogen-bond acceptors (Lipinski definition) is 6. The molecule has 0 spiro atoms. The van der Waals surface area contributed by atoms with Gasteiger partial charge in [0.2, 0.25) is 5.78 Å². The first-order chi connectivity index (χ1) is 14.5. The van der Waals surface area contributed by atoms with Crippen molar-refractivity contribution in [3.05, 3.63) is 83.9 Å². The van der Waals surface area contributed by atoms with Crippen molar-refractivity contribution in [3.8, 4) is 22.6 Å². The number of hydrogen-bond donors (Lipinski definition) is 0. The van der Waals surface area contributed by atoms with Crippen LogP contribution in [0.4, 0.5) is 0 Å². The molecule has 3 aromatic rings. The molecular weight excluding hydrogens is 384 g/mol. The van der Waals surface area contributed by atoms with Gasteiger partial charge in [-0.3, -0.25) is 9.59 Å². The first-order valence-electron chi connectivity index (χ1n) is 9.20. The molecule has 6 nitrogen and oxygen atoms in total. The summed E-state index contributed by atoms with van der Waals surface area (Å²) < 4.78 is 15.3. The molecule has 6 heteroatoms. The molecule has 0 fully saturated rings. The van der Waals surface area contributed by atoms with E-state index in [9.17, 15) is 14.4 Å². The maximum Gasteiger partial charge on any atom is 0.338 e. The number of rotatable bonds is 7. The Morgan fingerprint density at radius 2 is 1.40 bits per heavy atom. The normalized spacial score (nSPS) is 10.2. The van der Waals surface area contributed by atoms with E-state index in [-0.39, 0.29) is 18.4 Å². The van der Waals surface area contributed by atoms with Gasteiger partial charge in [-0.15, -0.1) is 0 Å². The highest BCUT2D eigenvalue weighted by molar-refractivity contribution is 6.01. The number of methoxy groups -OCH3 is 1. The summed E-state index contributed by atoms with van der Waals surface area (Å²) in [5.74, 6) is -0.413. The molecular formula is C24H20O6. The number of Topliss-reactive ketones (excluding diaryl/α,β-unsaturated/α-hetero) is 1. The van der Waals surface area contributed by atoms with Crippen molar-refractivity contribution in [2.24, 2.45) is 0 Å². The Balaban J connectivity index is 1.62. The van der Waals surface area contributed by atoms with Crippen LogP contribution in [-0.2, 0) is 9.53 Å². The van der Waals surface area contributed by atoms with Crippen molar-refractivity contribution >= 4 is 17.7 Å². The van der Waals surface area contributed by atoms with Gasteiger partial charge < -0.3 is 14.2 Å². The molecule has 0 amide bonds. The zero-order chi connectivity index (χ0) is 21.5. The Hall–Kier alpha value is -3.93. The molecule has 0 atom stereocenters. The van der Waals surface area contributed by atoms with Gasteiger partial charge in [-0.25, -0.2) is 4.79 Å². The van der Waals surface area contributed by atoms with Gasteiger partial charge in [0, 0.05) is 6.92 Å². The van der Waals surface area contributed by atoms with Gasteiger partial charge in [0.25, 0.3) is 0 Å². The van der Waals surface area contributed by atoms with Crippen LogP contribution in [0, 0.1) is 0 Å². The first kappa shape index (κ1) is 20.8. The van der Waals surface area contributed by atoms with Gasteiger partial charge >= 0.3 is 11.9 Å². The summed E-state index contributed by atoms with van der Waals surface area (Å²) in [6, 6.07) is 20.6. The van der Waals surface area contributed by atoms with Crippen LogP contribution in [0.1, 0.15) is 27.6 Å². The minimum atomic E-state index is -0.588. The topological polar surface area (TPSA) is 78.9 Å². The van der Waals surface area contributed by atoms with Crippen molar-refractivity contribution in [2.45, 2.75) is 6.92 Å². The molecule has 0 aliphatic carbocycles. The van der Waals surface area contributed by atoms with Gasteiger partial charge in [-0.1, -0.05) is 36.4 Å². The lowest BCUT2D eigenvalue weighted by Gasteiger charge is -2.09. The standard InChI is InChI=1S/C24H20O6/c1-16(25)30-20-13-11-18(12-14-20)17-7-9-19(10-8-17)24(27)29-15-22(26)21-5-3-4-6-23(21)28-2/h3-14H,15H2,1-2H3. The molecule has 3 rings (SSSR count). The largest absolute Gasteiger partial charge is 0.496 e. The number of ether oxygens (including phenoxy) is 3. The van der Waals surface area contributed by atoms with Crippen LogP contribution in [0.5, 0.6) is 11.5 Å². The van der Waals surface area contributed by atoms with Crippen LogP contribution in [0.25, 0.3) is 11.1 Å². The molecule has 30 heavy (non-hydrogen) atoms. The van der Waals surface area contributed by atoms with E-state index < -0.39 is 5.97 Å². The van der Waals surface area contributed by atoms with Crippen molar-refractivity contribution in [2.75, 3.05) is 13.7 Å². The van der Waals surface area contributed by atoms with E-state index in [1.165, 1.54) is 14.0 Å². The lowest BCUT2D eigenvalue weighted by molar-refractivity contribution is -0.131. The Kier molecular flexibility index (Phi) is 6.60. The highest BCUT2D eigenvalue weighted by atomic mass is 16.5. The van der Waals surface area contributed by atoms with E-state index in [1.807, 2.05) is 12.1 Å². The fourth-order valence-electron chi connectivity index (χ4n) is 2.85. The van der Waals surface area contributed by atoms with Gasteiger partial charge in [-0.2, -0.15) is 0 Å². The van der Waals surface area contributed by atoms with E-state index in [0.717, 1.165) is 11.1 Å². The van der Waals surface area contributed by atoms with E-state index in [4.69, 9.17) is 14.2 Å². The third kappa shape index (κ3) is 5.11. The highest BCUT2D eigenvalue weighted by Crippen LogP contribution is 2.23. The van der Waals surface area contributed by atoms with Crippen molar-refractivity contribution in [1.29, 1.82) is 0 Å². The van der Waals surface area contributed by atoms with Crippen LogP contribution < -0.4 is 9.47 Å². The second kappa shape index (κ2) is 9.52. The zero-order valence-electron chi connectivity index (χ0n) is 16.6. The minimum Gasteiger partial charge on any atom is -0.496 e. The number of benzene rings is 3. The molecule has 0 saturated heterocycles. The summed E-state index contributed by atoms with van der Waals surface area (Å²) in [5, 5.41) is 0. The third-order valence-electron chi connectivity index (χ3n) is 4.31. The predicted molar refractivity (Wildman–Crippen MR) is 111 cm³/mol. The molecule has 152 valence electrons. The van der Waals surface area contributed by atoms with Crippen molar-refractivity contribution in [3.63, 3.8) is 0 Å².